The molecule has 1 aliphatic heterocycles. The minimum atomic E-state index is -0.367. The monoisotopic (exact) mass is 248 g/mol. The fraction of sp³-hybridized carbons (Fsp3) is 0.733. The zero-order valence-electron chi connectivity index (χ0n) is 11.3. The van der Waals surface area contributed by atoms with Gasteiger partial charge in [-0.3, -0.25) is 9.59 Å². The third-order valence-corrected chi connectivity index (χ3v) is 5.30. The predicted molar refractivity (Wildman–Crippen MR) is 66.8 cm³/mol. The molecule has 1 heterocycles. The number of allylic oxidation sites excluding steroid dienone is 1. The molecule has 4 atom stereocenters. The Labute approximate surface area is 108 Å². The lowest BCUT2D eigenvalue weighted by atomic mass is 9.59. The fourth-order valence-corrected chi connectivity index (χ4v) is 4.05. The Kier molecular flexibility index (Phi) is 2.45. The first-order valence-corrected chi connectivity index (χ1v) is 6.89. The van der Waals surface area contributed by atoms with Crippen molar-refractivity contribution in [2.75, 3.05) is 0 Å². The third kappa shape index (κ3) is 1.36. The average molecular weight is 248 g/mol. The highest BCUT2D eigenvalue weighted by molar-refractivity contribution is 5.90. The molecule has 0 N–H and O–H groups in total. The van der Waals surface area contributed by atoms with Crippen LogP contribution in [0, 0.1) is 17.3 Å². The molecule has 0 amide bonds. The Morgan fingerprint density at radius 3 is 2.72 bits per heavy atom. The third-order valence-electron chi connectivity index (χ3n) is 5.30. The van der Waals surface area contributed by atoms with Crippen LogP contribution >= 0.6 is 0 Å². The second kappa shape index (κ2) is 3.69. The molecule has 1 saturated heterocycles. The standard InChI is InChI=1S/C15H20O3/c1-8-4-5-11(16)15(3)7-6-10-9(2)14(17)18-13(10)12(8)15/h9-10,13H,4-7H2,1-3H3/t9-,10-,13+,15-/m0/s1. The van der Waals surface area contributed by atoms with E-state index in [1.165, 1.54) is 5.57 Å². The van der Waals surface area contributed by atoms with Crippen LogP contribution in [0.15, 0.2) is 11.1 Å². The first kappa shape index (κ1) is 11.9. The van der Waals surface area contributed by atoms with Gasteiger partial charge >= 0.3 is 5.97 Å². The van der Waals surface area contributed by atoms with Gasteiger partial charge in [-0.1, -0.05) is 12.5 Å². The molecule has 3 aliphatic rings. The highest BCUT2D eigenvalue weighted by Crippen LogP contribution is 2.53. The van der Waals surface area contributed by atoms with Gasteiger partial charge in [0.15, 0.2) is 0 Å². The topological polar surface area (TPSA) is 43.4 Å². The lowest BCUT2D eigenvalue weighted by molar-refractivity contribution is -0.144. The van der Waals surface area contributed by atoms with Crippen LogP contribution in [-0.2, 0) is 14.3 Å². The summed E-state index contributed by atoms with van der Waals surface area (Å²) in [5, 5.41) is 0. The number of ether oxygens (including phenoxy) is 1. The van der Waals surface area contributed by atoms with Crippen molar-refractivity contribution in [2.45, 2.75) is 52.6 Å². The average Bonchev–Trinajstić information content (AvgIpc) is 2.60. The summed E-state index contributed by atoms with van der Waals surface area (Å²) < 4.78 is 5.58. The van der Waals surface area contributed by atoms with Gasteiger partial charge in [0.25, 0.3) is 0 Å². The van der Waals surface area contributed by atoms with E-state index >= 15 is 0 Å². The van der Waals surface area contributed by atoms with E-state index in [0.717, 1.165) is 24.8 Å². The first-order valence-electron chi connectivity index (χ1n) is 6.89. The van der Waals surface area contributed by atoms with E-state index in [2.05, 4.69) is 6.92 Å². The molecular formula is C15H20O3. The molecule has 2 fully saturated rings. The molecule has 3 rings (SSSR count). The SMILES string of the molecule is CC1=C2[C@@H]3OC(=O)[C@@H](C)[C@@H]3CC[C@@]2(C)C(=O)CC1. The summed E-state index contributed by atoms with van der Waals surface area (Å²) in [5.74, 6) is 0.503. The Morgan fingerprint density at radius 2 is 2.00 bits per heavy atom. The summed E-state index contributed by atoms with van der Waals surface area (Å²) in [4.78, 5) is 24.1. The smallest absolute Gasteiger partial charge is 0.309 e. The van der Waals surface area contributed by atoms with Gasteiger partial charge in [0.1, 0.15) is 11.9 Å². The number of ketones is 1. The van der Waals surface area contributed by atoms with E-state index in [1.807, 2.05) is 13.8 Å². The maximum absolute atomic E-state index is 12.3. The largest absolute Gasteiger partial charge is 0.457 e. The number of fused-ring (bicyclic) bond motifs is 3. The van der Waals surface area contributed by atoms with Gasteiger partial charge < -0.3 is 4.74 Å². The predicted octanol–water partition coefficient (Wildman–Crippen LogP) is 2.64. The lowest BCUT2D eigenvalue weighted by Gasteiger charge is -2.44. The Hall–Kier alpha value is -1.12. The van der Waals surface area contributed by atoms with E-state index in [-0.39, 0.29) is 29.3 Å². The summed E-state index contributed by atoms with van der Waals surface area (Å²) >= 11 is 0. The van der Waals surface area contributed by atoms with Crippen LogP contribution in [-0.4, -0.2) is 17.9 Å². The van der Waals surface area contributed by atoms with Gasteiger partial charge in [0.05, 0.1) is 11.3 Å². The van der Waals surface area contributed by atoms with Gasteiger partial charge in [-0.15, -0.1) is 0 Å². The van der Waals surface area contributed by atoms with Crippen molar-refractivity contribution >= 4 is 11.8 Å². The second-order valence-electron chi connectivity index (χ2n) is 6.30. The van der Waals surface area contributed by atoms with E-state index in [4.69, 9.17) is 4.74 Å². The Bertz CT molecular complexity index is 462. The minimum Gasteiger partial charge on any atom is -0.457 e. The van der Waals surface area contributed by atoms with Crippen LogP contribution < -0.4 is 0 Å². The Balaban J connectivity index is 2.08. The van der Waals surface area contributed by atoms with Gasteiger partial charge in [-0.25, -0.2) is 0 Å². The van der Waals surface area contributed by atoms with Crippen molar-refractivity contribution in [1.82, 2.24) is 0 Å². The van der Waals surface area contributed by atoms with E-state index in [0.29, 0.717) is 12.2 Å². The highest BCUT2D eigenvalue weighted by atomic mass is 16.6. The van der Waals surface area contributed by atoms with Crippen molar-refractivity contribution in [1.29, 1.82) is 0 Å². The molecule has 3 nitrogen and oxygen atoms in total. The lowest BCUT2D eigenvalue weighted by Crippen LogP contribution is -2.45. The van der Waals surface area contributed by atoms with Crippen LogP contribution in [0.2, 0.25) is 0 Å². The number of hydrogen-bond acceptors (Lipinski definition) is 3. The minimum absolute atomic E-state index is 0.0168. The number of carbonyl (C=O) groups excluding carboxylic acids is 2. The zero-order valence-corrected chi connectivity index (χ0v) is 11.3. The quantitative estimate of drug-likeness (QED) is 0.489. The van der Waals surface area contributed by atoms with Gasteiger partial charge in [-0.2, -0.15) is 0 Å². The summed E-state index contributed by atoms with van der Waals surface area (Å²) in [7, 11) is 0. The summed E-state index contributed by atoms with van der Waals surface area (Å²) in [6, 6.07) is 0. The number of carbonyl (C=O) groups is 2. The van der Waals surface area contributed by atoms with E-state index in [9.17, 15) is 9.59 Å². The molecule has 0 aromatic heterocycles. The molecule has 98 valence electrons. The van der Waals surface area contributed by atoms with E-state index in [1.54, 1.807) is 0 Å². The molecule has 0 unspecified atom stereocenters. The molecule has 0 spiro atoms. The fourth-order valence-electron chi connectivity index (χ4n) is 4.05. The number of Topliss-reactive ketones (excluding diaryl/α,β-unsaturated/α-hetero) is 1. The van der Waals surface area contributed by atoms with Crippen molar-refractivity contribution in [3.05, 3.63) is 11.1 Å². The summed E-state index contributed by atoms with van der Waals surface area (Å²) in [5.41, 5.74) is 2.04. The molecular weight excluding hydrogens is 228 g/mol. The maximum Gasteiger partial charge on any atom is 0.309 e. The van der Waals surface area contributed by atoms with Crippen LogP contribution in [0.25, 0.3) is 0 Å². The van der Waals surface area contributed by atoms with Gasteiger partial charge in [0.2, 0.25) is 0 Å². The molecule has 0 aromatic rings. The zero-order chi connectivity index (χ0) is 13.1. The highest BCUT2D eigenvalue weighted by Gasteiger charge is 2.55. The van der Waals surface area contributed by atoms with Crippen LogP contribution in [0.1, 0.15) is 46.5 Å². The maximum atomic E-state index is 12.3. The van der Waals surface area contributed by atoms with Crippen LogP contribution in [0.4, 0.5) is 0 Å². The molecule has 18 heavy (non-hydrogen) atoms. The summed E-state index contributed by atoms with van der Waals surface area (Å²) in [6.07, 6.45) is 3.15. The molecule has 3 heteroatoms. The number of esters is 1. The molecule has 2 aliphatic carbocycles. The van der Waals surface area contributed by atoms with Gasteiger partial charge in [-0.05, 0) is 38.7 Å². The number of rotatable bonds is 0. The Morgan fingerprint density at radius 1 is 1.28 bits per heavy atom. The molecule has 0 bridgehead atoms. The van der Waals surface area contributed by atoms with Crippen LogP contribution in [0.5, 0.6) is 0 Å². The van der Waals surface area contributed by atoms with Crippen LogP contribution in [0.3, 0.4) is 0 Å². The second-order valence-corrected chi connectivity index (χ2v) is 6.30. The van der Waals surface area contributed by atoms with Crippen molar-refractivity contribution in [3.63, 3.8) is 0 Å². The van der Waals surface area contributed by atoms with E-state index < -0.39 is 0 Å². The van der Waals surface area contributed by atoms with Crippen molar-refractivity contribution in [2.24, 2.45) is 17.3 Å². The normalized spacial score (nSPS) is 43.6. The number of hydrogen-bond donors (Lipinski definition) is 0. The summed E-state index contributed by atoms with van der Waals surface area (Å²) in [6.45, 7) is 6.09. The molecule has 1 saturated carbocycles. The van der Waals surface area contributed by atoms with Crippen molar-refractivity contribution < 1.29 is 14.3 Å². The first-order chi connectivity index (χ1) is 8.45. The molecule has 0 radical (unpaired) electrons. The van der Waals surface area contributed by atoms with Crippen molar-refractivity contribution in [3.8, 4) is 0 Å². The molecule has 0 aromatic carbocycles. The van der Waals surface area contributed by atoms with Gasteiger partial charge in [0, 0.05) is 12.3 Å².